The molecule has 0 bridgehead atoms. The van der Waals surface area contributed by atoms with Gasteiger partial charge < -0.3 is 9.47 Å². The standard InChI is InChI=1S/C14H20O3/c1-4-11-6-8-12(9-7-11)14(15)17-13(5-2)10-16-3/h6-9,13H,4-5,10H2,1-3H3. The van der Waals surface area contributed by atoms with E-state index in [0.29, 0.717) is 12.2 Å². The van der Waals surface area contributed by atoms with Gasteiger partial charge in [0.05, 0.1) is 12.2 Å². The first kappa shape index (κ1) is 13.7. The summed E-state index contributed by atoms with van der Waals surface area (Å²) >= 11 is 0. The van der Waals surface area contributed by atoms with Crippen LogP contribution in [0, 0.1) is 0 Å². The third-order valence-corrected chi connectivity index (χ3v) is 2.68. The van der Waals surface area contributed by atoms with E-state index in [1.54, 1.807) is 19.2 Å². The average Bonchev–Trinajstić information content (AvgIpc) is 2.38. The van der Waals surface area contributed by atoms with Gasteiger partial charge in [0.2, 0.25) is 0 Å². The molecule has 0 fully saturated rings. The van der Waals surface area contributed by atoms with E-state index in [2.05, 4.69) is 6.92 Å². The Labute approximate surface area is 103 Å². The first-order valence-electron chi connectivity index (χ1n) is 6.00. The third kappa shape index (κ3) is 4.19. The van der Waals surface area contributed by atoms with Crippen LogP contribution in [0.4, 0.5) is 0 Å². The molecular weight excluding hydrogens is 216 g/mol. The molecule has 3 nitrogen and oxygen atoms in total. The minimum Gasteiger partial charge on any atom is -0.456 e. The van der Waals surface area contributed by atoms with Crippen LogP contribution in [0.25, 0.3) is 0 Å². The van der Waals surface area contributed by atoms with Crippen molar-refractivity contribution in [3.63, 3.8) is 0 Å². The van der Waals surface area contributed by atoms with Gasteiger partial charge in [-0.25, -0.2) is 4.79 Å². The fourth-order valence-electron chi connectivity index (χ4n) is 1.52. The molecule has 0 aliphatic rings. The van der Waals surface area contributed by atoms with Gasteiger partial charge in [0.25, 0.3) is 0 Å². The molecule has 1 rings (SSSR count). The van der Waals surface area contributed by atoms with E-state index >= 15 is 0 Å². The van der Waals surface area contributed by atoms with E-state index in [0.717, 1.165) is 12.8 Å². The molecule has 1 aromatic rings. The Kier molecular flexibility index (Phi) is 5.70. The molecule has 94 valence electrons. The van der Waals surface area contributed by atoms with Gasteiger partial charge in [-0.05, 0) is 30.5 Å². The number of hydrogen-bond acceptors (Lipinski definition) is 3. The lowest BCUT2D eigenvalue weighted by molar-refractivity contribution is 0.00475. The highest BCUT2D eigenvalue weighted by Crippen LogP contribution is 2.09. The molecule has 0 spiro atoms. The maximum Gasteiger partial charge on any atom is 0.338 e. The van der Waals surface area contributed by atoms with Crippen molar-refractivity contribution in [2.75, 3.05) is 13.7 Å². The predicted molar refractivity (Wildman–Crippen MR) is 67.2 cm³/mol. The van der Waals surface area contributed by atoms with Crippen molar-refractivity contribution in [1.29, 1.82) is 0 Å². The molecular formula is C14H20O3. The fraction of sp³-hybridized carbons (Fsp3) is 0.500. The van der Waals surface area contributed by atoms with Gasteiger partial charge in [0.15, 0.2) is 0 Å². The van der Waals surface area contributed by atoms with Crippen LogP contribution in [0.2, 0.25) is 0 Å². The monoisotopic (exact) mass is 236 g/mol. The second-order valence-corrected chi connectivity index (χ2v) is 3.94. The lowest BCUT2D eigenvalue weighted by atomic mass is 10.1. The van der Waals surface area contributed by atoms with E-state index in [1.807, 2.05) is 19.1 Å². The Morgan fingerprint density at radius 3 is 2.35 bits per heavy atom. The van der Waals surface area contributed by atoms with Crippen LogP contribution in [0.15, 0.2) is 24.3 Å². The highest BCUT2D eigenvalue weighted by Gasteiger charge is 2.13. The third-order valence-electron chi connectivity index (χ3n) is 2.68. The van der Waals surface area contributed by atoms with Gasteiger partial charge in [-0.1, -0.05) is 26.0 Å². The van der Waals surface area contributed by atoms with Crippen LogP contribution in [-0.2, 0) is 15.9 Å². The molecule has 0 saturated carbocycles. The Hall–Kier alpha value is -1.35. The minimum atomic E-state index is -0.281. The molecule has 17 heavy (non-hydrogen) atoms. The summed E-state index contributed by atoms with van der Waals surface area (Å²) < 4.78 is 10.3. The number of methoxy groups -OCH3 is 1. The van der Waals surface area contributed by atoms with E-state index in [-0.39, 0.29) is 12.1 Å². The highest BCUT2D eigenvalue weighted by atomic mass is 16.6. The molecule has 0 amide bonds. The van der Waals surface area contributed by atoms with Crippen LogP contribution in [-0.4, -0.2) is 25.8 Å². The Morgan fingerprint density at radius 2 is 1.88 bits per heavy atom. The quantitative estimate of drug-likeness (QED) is 0.712. The normalized spacial score (nSPS) is 12.2. The number of carbonyl (C=O) groups excluding carboxylic acids is 1. The molecule has 3 heteroatoms. The lowest BCUT2D eigenvalue weighted by Crippen LogP contribution is -2.22. The van der Waals surface area contributed by atoms with E-state index in [1.165, 1.54) is 5.56 Å². The average molecular weight is 236 g/mol. The van der Waals surface area contributed by atoms with Crippen molar-refractivity contribution < 1.29 is 14.3 Å². The summed E-state index contributed by atoms with van der Waals surface area (Å²) in [6.07, 6.45) is 1.56. The highest BCUT2D eigenvalue weighted by molar-refractivity contribution is 5.89. The van der Waals surface area contributed by atoms with E-state index in [4.69, 9.17) is 9.47 Å². The Bertz CT molecular complexity index is 343. The van der Waals surface area contributed by atoms with Crippen molar-refractivity contribution in [3.05, 3.63) is 35.4 Å². The van der Waals surface area contributed by atoms with Gasteiger partial charge in [-0.15, -0.1) is 0 Å². The maximum atomic E-state index is 11.8. The summed E-state index contributed by atoms with van der Waals surface area (Å²) in [6.45, 7) is 4.49. The summed E-state index contributed by atoms with van der Waals surface area (Å²) in [6, 6.07) is 7.52. The van der Waals surface area contributed by atoms with Crippen LogP contribution in [0.5, 0.6) is 0 Å². The van der Waals surface area contributed by atoms with Crippen molar-refractivity contribution in [2.45, 2.75) is 32.8 Å². The molecule has 0 radical (unpaired) electrons. The molecule has 0 saturated heterocycles. The summed E-state index contributed by atoms with van der Waals surface area (Å²) in [4.78, 5) is 11.8. The largest absolute Gasteiger partial charge is 0.456 e. The first-order chi connectivity index (χ1) is 8.21. The Balaban J connectivity index is 2.62. The summed E-state index contributed by atoms with van der Waals surface area (Å²) in [5.41, 5.74) is 1.81. The first-order valence-corrected chi connectivity index (χ1v) is 6.00. The number of ether oxygens (including phenoxy) is 2. The number of hydrogen-bond donors (Lipinski definition) is 0. The van der Waals surface area contributed by atoms with E-state index < -0.39 is 0 Å². The molecule has 0 aromatic heterocycles. The van der Waals surface area contributed by atoms with Gasteiger partial charge >= 0.3 is 5.97 Å². The second-order valence-electron chi connectivity index (χ2n) is 3.94. The second kappa shape index (κ2) is 7.07. The van der Waals surface area contributed by atoms with Crippen LogP contribution >= 0.6 is 0 Å². The number of aryl methyl sites for hydroxylation is 1. The van der Waals surface area contributed by atoms with Gasteiger partial charge in [-0.3, -0.25) is 0 Å². The van der Waals surface area contributed by atoms with Crippen LogP contribution < -0.4 is 0 Å². The summed E-state index contributed by atoms with van der Waals surface area (Å²) in [5, 5.41) is 0. The molecule has 0 aliphatic heterocycles. The van der Waals surface area contributed by atoms with Crippen molar-refractivity contribution in [1.82, 2.24) is 0 Å². The SMILES string of the molecule is CCc1ccc(C(=O)OC(CC)COC)cc1. The molecule has 0 aliphatic carbocycles. The predicted octanol–water partition coefficient (Wildman–Crippen LogP) is 2.83. The zero-order valence-electron chi connectivity index (χ0n) is 10.7. The lowest BCUT2D eigenvalue weighted by Gasteiger charge is -2.15. The van der Waals surface area contributed by atoms with Crippen LogP contribution in [0.1, 0.15) is 36.2 Å². The van der Waals surface area contributed by atoms with Gasteiger partial charge in [0, 0.05) is 7.11 Å². The number of benzene rings is 1. The molecule has 1 atom stereocenters. The zero-order valence-corrected chi connectivity index (χ0v) is 10.7. The number of esters is 1. The zero-order chi connectivity index (χ0) is 12.7. The van der Waals surface area contributed by atoms with Gasteiger partial charge in [0.1, 0.15) is 6.10 Å². The molecule has 0 heterocycles. The maximum absolute atomic E-state index is 11.8. The molecule has 0 N–H and O–H groups in total. The summed E-state index contributed by atoms with van der Waals surface area (Å²) in [5.74, 6) is -0.281. The van der Waals surface area contributed by atoms with Crippen LogP contribution in [0.3, 0.4) is 0 Å². The molecule has 1 unspecified atom stereocenters. The number of rotatable bonds is 6. The van der Waals surface area contributed by atoms with Crippen molar-refractivity contribution in [2.24, 2.45) is 0 Å². The van der Waals surface area contributed by atoms with Crippen molar-refractivity contribution in [3.8, 4) is 0 Å². The van der Waals surface area contributed by atoms with Crippen molar-refractivity contribution >= 4 is 5.97 Å². The minimum absolute atomic E-state index is 0.168. The fourth-order valence-corrected chi connectivity index (χ4v) is 1.52. The topological polar surface area (TPSA) is 35.5 Å². The number of carbonyl (C=O) groups is 1. The van der Waals surface area contributed by atoms with Gasteiger partial charge in [-0.2, -0.15) is 0 Å². The Morgan fingerprint density at radius 1 is 1.24 bits per heavy atom. The van der Waals surface area contributed by atoms with E-state index in [9.17, 15) is 4.79 Å². The smallest absolute Gasteiger partial charge is 0.338 e. The molecule has 1 aromatic carbocycles. The summed E-state index contributed by atoms with van der Waals surface area (Å²) in [7, 11) is 1.60.